The van der Waals surface area contributed by atoms with Crippen molar-refractivity contribution in [1.29, 1.82) is 0 Å². The van der Waals surface area contributed by atoms with E-state index in [1.807, 2.05) is 0 Å². The first-order valence-electron chi connectivity index (χ1n) is 5.55. The first-order valence-corrected chi connectivity index (χ1v) is 6.43. The van der Waals surface area contributed by atoms with Crippen molar-refractivity contribution in [1.82, 2.24) is 0 Å². The molecule has 3 nitrogen and oxygen atoms in total. The number of rotatable bonds is 2. The molecule has 0 radical (unpaired) electrons. The SMILES string of the molecule is O=C(Nc1c(F)cccc1F)c1csc(C#CCO)c1. The summed E-state index contributed by atoms with van der Waals surface area (Å²) in [6.45, 7) is -0.278. The van der Waals surface area contributed by atoms with Crippen LogP contribution < -0.4 is 5.32 Å². The lowest BCUT2D eigenvalue weighted by molar-refractivity contribution is 0.102. The number of para-hydroxylation sites is 1. The standard InChI is InChI=1S/C14H9F2NO2S/c15-11-4-1-5-12(16)13(11)17-14(19)9-7-10(20-8-9)3-2-6-18/h1,4-5,7-8,18H,6H2,(H,17,19). The Kier molecular flexibility index (Phi) is 4.45. The van der Waals surface area contributed by atoms with E-state index in [4.69, 9.17) is 5.11 Å². The largest absolute Gasteiger partial charge is 0.384 e. The van der Waals surface area contributed by atoms with Crippen LogP contribution in [0.2, 0.25) is 0 Å². The molecule has 0 unspecified atom stereocenters. The Labute approximate surface area is 117 Å². The Morgan fingerprint density at radius 1 is 1.35 bits per heavy atom. The molecule has 0 fully saturated rings. The molecule has 0 aliphatic heterocycles. The monoisotopic (exact) mass is 293 g/mol. The van der Waals surface area contributed by atoms with Gasteiger partial charge < -0.3 is 10.4 Å². The van der Waals surface area contributed by atoms with E-state index in [2.05, 4.69) is 17.2 Å². The van der Waals surface area contributed by atoms with Crippen LogP contribution >= 0.6 is 11.3 Å². The molecule has 0 saturated carbocycles. The number of benzene rings is 1. The predicted molar refractivity (Wildman–Crippen MR) is 72.6 cm³/mol. The number of amides is 1. The molecule has 0 aliphatic carbocycles. The maximum Gasteiger partial charge on any atom is 0.256 e. The highest BCUT2D eigenvalue weighted by Gasteiger charge is 2.14. The fourth-order valence-corrected chi connectivity index (χ4v) is 2.21. The van der Waals surface area contributed by atoms with Gasteiger partial charge in [0.1, 0.15) is 23.9 Å². The van der Waals surface area contributed by atoms with Crippen LogP contribution in [0.25, 0.3) is 0 Å². The van der Waals surface area contributed by atoms with Crippen molar-refractivity contribution < 1.29 is 18.7 Å². The molecule has 2 rings (SSSR count). The number of aliphatic hydroxyl groups is 1. The van der Waals surface area contributed by atoms with Gasteiger partial charge in [-0.1, -0.05) is 17.9 Å². The van der Waals surface area contributed by atoms with Crippen molar-refractivity contribution in [2.24, 2.45) is 0 Å². The third-order valence-corrected chi connectivity index (χ3v) is 3.20. The molecular weight excluding hydrogens is 284 g/mol. The van der Waals surface area contributed by atoms with Gasteiger partial charge >= 0.3 is 0 Å². The summed E-state index contributed by atoms with van der Waals surface area (Å²) in [5.41, 5.74) is -0.230. The molecule has 1 aromatic heterocycles. The number of carbonyl (C=O) groups excluding carboxylic acids is 1. The number of anilines is 1. The van der Waals surface area contributed by atoms with E-state index < -0.39 is 23.2 Å². The van der Waals surface area contributed by atoms with Crippen LogP contribution in [0.1, 0.15) is 15.2 Å². The number of halogens is 2. The van der Waals surface area contributed by atoms with Crippen LogP contribution in [0.5, 0.6) is 0 Å². The van der Waals surface area contributed by atoms with Gasteiger partial charge in [-0.15, -0.1) is 11.3 Å². The maximum atomic E-state index is 13.4. The third kappa shape index (κ3) is 3.20. The predicted octanol–water partition coefficient (Wildman–Crippen LogP) is 2.62. The minimum Gasteiger partial charge on any atom is -0.384 e. The van der Waals surface area contributed by atoms with Gasteiger partial charge in [-0.05, 0) is 18.2 Å². The van der Waals surface area contributed by atoms with Crippen LogP contribution in [0.15, 0.2) is 29.6 Å². The summed E-state index contributed by atoms with van der Waals surface area (Å²) in [6, 6.07) is 4.82. The molecular formula is C14H9F2NO2S. The Balaban J connectivity index is 2.18. The summed E-state index contributed by atoms with van der Waals surface area (Å²) in [4.78, 5) is 12.5. The molecule has 2 aromatic rings. The fraction of sp³-hybridized carbons (Fsp3) is 0.0714. The van der Waals surface area contributed by atoms with Crippen molar-refractivity contribution in [2.75, 3.05) is 11.9 Å². The van der Waals surface area contributed by atoms with Gasteiger partial charge in [-0.25, -0.2) is 8.78 Å². The van der Waals surface area contributed by atoms with Gasteiger partial charge in [0, 0.05) is 5.38 Å². The molecule has 1 heterocycles. The molecule has 0 bridgehead atoms. The van der Waals surface area contributed by atoms with E-state index in [1.165, 1.54) is 28.8 Å². The lowest BCUT2D eigenvalue weighted by atomic mass is 10.2. The highest BCUT2D eigenvalue weighted by molar-refractivity contribution is 7.10. The molecule has 2 N–H and O–H groups in total. The molecule has 102 valence electrons. The summed E-state index contributed by atoms with van der Waals surface area (Å²) in [6.07, 6.45) is 0. The highest BCUT2D eigenvalue weighted by Crippen LogP contribution is 2.20. The summed E-state index contributed by atoms with van der Waals surface area (Å²) in [5, 5.41) is 12.3. The third-order valence-electron chi connectivity index (χ3n) is 2.35. The number of aliphatic hydroxyl groups excluding tert-OH is 1. The normalized spacial score (nSPS) is 9.75. The van der Waals surface area contributed by atoms with Crippen molar-refractivity contribution in [2.45, 2.75) is 0 Å². The minimum atomic E-state index is -0.839. The Bertz CT molecular complexity index is 680. The number of nitrogens with one attached hydrogen (secondary N) is 1. The second-order valence-corrected chi connectivity index (χ2v) is 4.62. The average Bonchev–Trinajstić information content (AvgIpc) is 2.89. The van der Waals surface area contributed by atoms with Gasteiger partial charge in [0.05, 0.1) is 10.4 Å². The Morgan fingerprint density at radius 2 is 2.05 bits per heavy atom. The molecule has 6 heteroatoms. The minimum absolute atomic E-state index is 0.250. The smallest absolute Gasteiger partial charge is 0.256 e. The molecule has 0 aliphatic rings. The van der Waals surface area contributed by atoms with Crippen LogP contribution in [0.3, 0.4) is 0 Å². The van der Waals surface area contributed by atoms with E-state index in [9.17, 15) is 13.6 Å². The van der Waals surface area contributed by atoms with E-state index in [1.54, 1.807) is 0 Å². The summed E-state index contributed by atoms with van der Waals surface area (Å²) in [7, 11) is 0. The van der Waals surface area contributed by atoms with Crippen molar-refractivity contribution in [3.05, 3.63) is 51.7 Å². The zero-order valence-corrected chi connectivity index (χ0v) is 10.9. The van der Waals surface area contributed by atoms with E-state index in [-0.39, 0.29) is 12.2 Å². The number of hydrogen-bond acceptors (Lipinski definition) is 3. The van der Waals surface area contributed by atoms with Crippen molar-refractivity contribution >= 4 is 22.9 Å². The topological polar surface area (TPSA) is 49.3 Å². The van der Waals surface area contributed by atoms with Crippen LogP contribution in [0, 0.1) is 23.5 Å². The number of thiophene rings is 1. The lowest BCUT2D eigenvalue weighted by Gasteiger charge is -2.05. The summed E-state index contributed by atoms with van der Waals surface area (Å²) < 4.78 is 26.8. The second-order valence-electron chi connectivity index (χ2n) is 3.71. The van der Waals surface area contributed by atoms with Crippen molar-refractivity contribution in [3.8, 4) is 11.8 Å². The maximum absolute atomic E-state index is 13.4. The van der Waals surface area contributed by atoms with Crippen LogP contribution in [-0.2, 0) is 0 Å². The van der Waals surface area contributed by atoms with E-state index in [0.717, 1.165) is 12.1 Å². The van der Waals surface area contributed by atoms with Gasteiger partial charge in [0.2, 0.25) is 0 Å². The quantitative estimate of drug-likeness (QED) is 0.836. The summed E-state index contributed by atoms with van der Waals surface area (Å²) in [5.74, 6) is 2.79. The van der Waals surface area contributed by atoms with Gasteiger partial charge in [-0.3, -0.25) is 4.79 Å². The number of hydrogen-bond donors (Lipinski definition) is 2. The zero-order valence-electron chi connectivity index (χ0n) is 10.1. The van der Waals surface area contributed by atoms with Gasteiger partial charge in [-0.2, -0.15) is 0 Å². The Morgan fingerprint density at radius 3 is 2.70 bits per heavy atom. The average molecular weight is 293 g/mol. The molecule has 0 atom stereocenters. The molecule has 0 saturated heterocycles. The van der Waals surface area contributed by atoms with Crippen LogP contribution in [-0.4, -0.2) is 17.6 Å². The first kappa shape index (κ1) is 14.2. The van der Waals surface area contributed by atoms with Gasteiger partial charge in [0.25, 0.3) is 5.91 Å². The van der Waals surface area contributed by atoms with Crippen molar-refractivity contribution in [3.63, 3.8) is 0 Å². The van der Waals surface area contributed by atoms with Gasteiger partial charge in [0.15, 0.2) is 0 Å². The number of carbonyl (C=O) groups is 1. The molecule has 1 amide bonds. The highest BCUT2D eigenvalue weighted by atomic mass is 32.1. The Hall–Kier alpha value is -2.23. The van der Waals surface area contributed by atoms with E-state index >= 15 is 0 Å². The van der Waals surface area contributed by atoms with E-state index in [0.29, 0.717) is 4.88 Å². The molecule has 0 spiro atoms. The summed E-state index contributed by atoms with van der Waals surface area (Å²) >= 11 is 1.20. The van der Waals surface area contributed by atoms with Crippen LogP contribution in [0.4, 0.5) is 14.5 Å². The first-order chi connectivity index (χ1) is 9.61. The second kappa shape index (κ2) is 6.28. The molecule has 20 heavy (non-hydrogen) atoms. The zero-order chi connectivity index (χ0) is 14.5. The molecule has 1 aromatic carbocycles. The fourth-order valence-electron chi connectivity index (χ4n) is 1.45. The lowest BCUT2D eigenvalue weighted by Crippen LogP contribution is -2.13.